The minimum absolute atomic E-state index is 0.0256. The van der Waals surface area contributed by atoms with Crippen LogP contribution in [0, 0.1) is 15.5 Å². The van der Waals surface area contributed by atoms with E-state index < -0.39 is 30.7 Å². The lowest BCUT2D eigenvalue weighted by Gasteiger charge is -2.36. The van der Waals surface area contributed by atoms with Gasteiger partial charge in [0, 0.05) is 12.1 Å². The zero-order chi connectivity index (χ0) is 17.1. The van der Waals surface area contributed by atoms with Gasteiger partial charge in [0.2, 0.25) is 0 Å². The van der Waals surface area contributed by atoms with Crippen LogP contribution in [-0.4, -0.2) is 26.3 Å². The molecule has 0 saturated heterocycles. The summed E-state index contributed by atoms with van der Waals surface area (Å²) in [5, 5.41) is 11.0. The van der Waals surface area contributed by atoms with Gasteiger partial charge < -0.3 is 9.16 Å². The Hall–Kier alpha value is -1.73. The molecular weight excluding hydrogens is 302 g/mol. The van der Waals surface area contributed by atoms with Gasteiger partial charge in [-0.25, -0.2) is 0 Å². The molecule has 0 aromatic heterocycles. The van der Waals surface area contributed by atoms with Gasteiger partial charge in [-0.05, 0) is 39.1 Å². The maximum atomic E-state index is 12.1. The number of non-ortho nitro benzene ring substituents is 1. The fourth-order valence-corrected chi connectivity index (χ4v) is 3.29. The Morgan fingerprint density at radius 2 is 1.91 bits per heavy atom. The smallest absolute Gasteiger partial charge is 0.314 e. The summed E-state index contributed by atoms with van der Waals surface area (Å²) in [7, 11) is -0.671. The van der Waals surface area contributed by atoms with Crippen molar-refractivity contribution in [2.75, 3.05) is 7.11 Å². The predicted molar refractivity (Wildman–Crippen MR) is 86.1 cm³/mol. The van der Waals surface area contributed by atoms with Crippen LogP contribution in [0.5, 0.6) is 0 Å². The zero-order valence-corrected chi connectivity index (χ0v) is 14.9. The number of ether oxygens (including phenoxy) is 1. The van der Waals surface area contributed by atoms with Crippen LogP contribution in [0.25, 0.3) is 0 Å². The lowest BCUT2D eigenvalue weighted by Crippen LogP contribution is -2.39. The molecule has 0 amide bonds. The van der Waals surface area contributed by atoms with E-state index >= 15 is 0 Å². The number of hydrogen-bond acceptors (Lipinski definition) is 5. The molecule has 6 nitrogen and oxygen atoms in total. The monoisotopic (exact) mass is 325 g/mol. The third kappa shape index (κ3) is 4.38. The molecule has 0 spiro atoms. The Kier molecular flexibility index (Phi) is 5.48. The molecule has 7 heteroatoms. The number of methoxy groups -OCH3 is 1. The highest BCUT2D eigenvalue weighted by atomic mass is 28.4. The second-order valence-corrected chi connectivity index (χ2v) is 11.1. The van der Waals surface area contributed by atoms with E-state index in [0.717, 1.165) is 0 Å². The van der Waals surface area contributed by atoms with Crippen molar-refractivity contribution < 1.29 is 18.9 Å². The van der Waals surface area contributed by atoms with Gasteiger partial charge in [-0.2, -0.15) is 0 Å². The van der Waals surface area contributed by atoms with Gasteiger partial charge in [0.05, 0.1) is 23.6 Å². The predicted octanol–water partition coefficient (Wildman–Crippen LogP) is 3.69. The average molecular weight is 325 g/mol. The number of nitrogens with zero attached hydrogens (tertiary/aromatic N) is 1. The second-order valence-electron chi connectivity index (χ2n) is 6.68. The summed E-state index contributed by atoms with van der Waals surface area (Å²) >= 11 is 0. The van der Waals surface area contributed by atoms with Crippen LogP contribution in [0.4, 0.5) is 5.69 Å². The van der Waals surface area contributed by atoms with E-state index in [4.69, 9.17) is 9.16 Å². The first-order chi connectivity index (χ1) is 9.99. The lowest BCUT2D eigenvalue weighted by atomic mass is 9.82. The largest absolute Gasteiger partial charge is 0.469 e. The molecule has 0 saturated carbocycles. The number of carbonyl (C=O) groups excluding carboxylic acids is 1. The molecule has 1 atom stereocenters. The first-order valence-electron chi connectivity index (χ1n) is 6.99. The summed E-state index contributed by atoms with van der Waals surface area (Å²) in [5.74, 6) is -0.415. The highest BCUT2D eigenvalue weighted by Gasteiger charge is 2.42. The van der Waals surface area contributed by atoms with E-state index in [1.807, 2.05) is 19.6 Å². The number of nitro benzene ring substituents is 1. The van der Waals surface area contributed by atoms with Crippen molar-refractivity contribution in [3.05, 3.63) is 39.9 Å². The third-order valence-corrected chi connectivity index (χ3v) is 4.16. The molecule has 0 aliphatic heterocycles. The standard InChI is InChI=1S/C15H23NO5Si/c1-15(2,14(17)20-3)13(21-22(4,5)6)11-8-7-9-12(10-11)16(18)19/h7-10,13H,1-6H3. The fourth-order valence-electron chi connectivity index (χ4n) is 2.16. The summed E-state index contributed by atoms with van der Waals surface area (Å²) in [5.41, 5.74) is -0.376. The Morgan fingerprint density at radius 3 is 2.36 bits per heavy atom. The number of carbonyl (C=O) groups is 1. The topological polar surface area (TPSA) is 78.7 Å². The maximum Gasteiger partial charge on any atom is 0.314 e. The Morgan fingerprint density at radius 1 is 1.32 bits per heavy atom. The van der Waals surface area contributed by atoms with Crippen LogP contribution in [0.3, 0.4) is 0 Å². The van der Waals surface area contributed by atoms with Gasteiger partial charge in [0.1, 0.15) is 0 Å². The molecule has 0 bridgehead atoms. The van der Waals surface area contributed by atoms with Gasteiger partial charge >= 0.3 is 5.97 Å². The number of rotatable bonds is 6. The van der Waals surface area contributed by atoms with E-state index in [-0.39, 0.29) is 5.69 Å². The molecule has 0 radical (unpaired) electrons. The molecule has 22 heavy (non-hydrogen) atoms. The first-order valence-corrected chi connectivity index (χ1v) is 10.4. The third-order valence-electron chi connectivity index (χ3n) is 3.22. The van der Waals surface area contributed by atoms with Crippen molar-refractivity contribution in [2.45, 2.75) is 39.6 Å². The van der Waals surface area contributed by atoms with Crippen LogP contribution in [0.15, 0.2) is 24.3 Å². The number of hydrogen-bond donors (Lipinski definition) is 0. The molecule has 1 aromatic rings. The molecule has 0 aliphatic rings. The van der Waals surface area contributed by atoms with Crippen LogP contribution in [0.1, 0.15) is 25.5 Å². The Bertz CT molecular complexity index is 565. The summed E-state index contributed by atoms with van der Waals surface area (Å²) in [6.45, 7) is 9.46. The van der Waals surface area contributed by atoms with Gasteiger partial charge in [-0.3, -0.25) is 14.9 Å². The quantitative estimate of drug-likeness (QED) is 0.345. The van der Waals surface area contributed by atoms with E-state index in [2.05, 4.69) is 0 Å². The summed E-state index contributed by atoms with van der Waals surface area (Å²) in [6.07, 6.45) is -0.605. The number of benzene rings is 1. The van der Waals surface area contributed by atoms with Crippen LogP contribution >= 0.6 is 0 Å². The molecule has 1 rings (SSSR count). The normalized spacial score (nSPS) is 13.5. The van der Waals surface area contributed by atoms with Crippen molar-refractivity contribution in [1.29, 1.82) is 0 Å². The van der Waals surface area contributed by atoms with E-state index in [0.29, 0.717) is 5.56 Å². The van der Waals surface area contributed by atoms with Gasteiger partial charge in [0.15, 0.2) is 8.32 Å². The molecule has 1 unspecified atom stereocenters. The second kappa shape index (κ2) is 6.58. The van der Waals surface area contributed by atoms with Crippen molar-refractivity contribution in [3.63, 3.8) is 0 Å². The van der Waals surface area contributed by atoms with Gasteiger partial charge in [-0.15, -0.1) is 0 Å². The minimum Gasteiger partial charge on any atom is -0.469 e. The van der Waals surface area contributed by atoms with Crippen LogP contribution in [-0.2, 0) is 14.0 Å². The SMILES string of the molecule is COC(=O)C(C)(C)C(O[Si](C)(C)C)c1cccc([N+](=O)[O-])c1. The molecule has 0 N–H and O–H groups in total. The molecule has 0 fully saturated rings. The zero-order valence-electron chi connectivity index (χ0n) is 13.9. The lowest BCUT2D eigenvalue weighted by molar-refractivity contribution is -0.385. The number of nitro groups is 1. The van der Waals surface area contributed by atoms with Crippen molar-refractivity contribution in [2.24, 2.45) is 5.41 Å². The average Bonchev–Trinajstić information content (AvgIpc) is 2.42. The van der Waals surface area contributed by atoms with E-state index in [1.165, 1.54) is 19.2 Å². The van der Waals surface area contributed by atoms with Gasteiger partial charge in [-0.1, -0.05) is 12.1 Å². The van der Waals surface area contributed by atoms with Gasteiger partial charge in [0.25, 0.3) is 5.69 Å². The van der Waals surface area contributed by atoms with Crippen molar-refractivity contribution in [3.8, 4) is 0 Å². The molecular formula is C15H23NO5Si. The summed E-state index contributed by atoms with van der Waals surface area (Å²) < 4.78 is 11.0. The van der Waals surface area contributed by atoms with Crippen LogP contribution in [0.2, 0.25) is 19.6 Å². The van der Waals surface area contributed by atoms with E-state index in [9.17, 15) is 14.9 Å². The Labute approximate surface area is 131 Å². The molecule has 122 valence electrons. The molecule has 1 aromatic carbocycles. The summed E-state index contributed by atoms with van der Waals surface area (Å²) in [6, 6.07) is 6.21. The Balaban J connectivity index is 3.35. The number of esters is 1. The van der Waals surface area contributed by atoms with Crippen LogP contribution < -0.4 is 0 Å². The fraction of sp³-hybridized carbons (Fsp3) is 0.533. The molecule has 0 aliphatic carbocycles. The van der Waals surface area contributed by atoms with Crippen molar-refractivity contribution >= 4 is 20.0 Å². The highest BCUT2D eigenvalue weighted by Crippen LogP contribution is 2.40. The summed E-state index contributed by atoms with van der Waals surface area (Å²) in [4.78, 5) is 22.7. The maximum absolute atomic E-state index is 12.1. The molecule has 0 heterocycles. The highest BCUT2D eigenvalue weighted by molar-refractivity contribution is 6.69. The first kappa shape index (κ1) is 18.3. The minimum atomic E-state index is -1.99. The van der Waals surface area contributed by atoms with Crippen molar-refractivity contribution in [1.82, 2.24) is 0 Å². The van der Waals surface area contributed by atoms with E-state index in [1.54, 1.807) is 26.0 Å².